The maximum absolute atomic E-state index is 12.9. The Balaban J connectivity index is 2.15. The summed E-state index contributed by atoms with van der Waals surface area (Å²) in [4.78, 5) is 15.1. The Morgan fingerprint density at radius 3 is 2.40 bits per heavy atom. The summed E-state index contributed by atoms with van der Waals surface area (Å²) >= 11 is 3.40. The Morgan fingerprint density at radius 2 is 1.76 bits per heavy atom. The highest BCUT2D eigenvalue weighted by atomic mass is 79.9. The van der Waals surface area contributed by atoms with Crippen LogP contribution in [0, 0.1) is 0 Å². The van der Waals surface area contributed by atoms with Crippen LogP contribution < -0.4 is 5.43 Å². The van der Waals surface area contributed by atoms with Crippen LogP contribution in [-0.2, 0) is 6.54 Å². The Bertz CT molecular complexity index is 944. The number of hydrogen-bond donors (Lipinski definition) is 1. The molecule has 3 rings (SSSR count). The number of rotatable bonds is 5. The van der Waals surface area contributed by atoms with Gasteiger partial charge in [0.25, 0.3) is 0 Å². The first-order chi connectivity index (χ1) is 12.0. The van der Waals surface area contributed by atoms with E-state index in [-0.39, 0.29) is 11.2 Å². The van der Waals surface area contributed by atoms with Gasteiger partial charge < -0.3 is 9.52 Å². The lowest BCUT2D eigenvalue weighted by molar-refractivity contribution is 0.290. The summed E-state index contributed by atoms with van der Waals surface area (Å²) in [5.41, 5.74) is 2.33. The van der Waals surface area contributed by atoms with Crippen LogP contribution in [0.1, 0.15) is 19.4 Å². The van der Waals surface area contributed by atoms with Crippen molar-refractivity contribution >= 4 is 26.9 Å². The fourth-order valence-electron chi connectivity index (χ4n) is 2.90. The number of halogens is 1. The molecule has 3 aromatic rings. The predicted molar refractivity (Wildman–Crippen MR) is 104 cm³/mol. The average Bonchev–Trinajstić information content (AvgIpc) is 2.62. The Labute approximate surface area is 154 Å². The molecule has 0 aliphatic carbocycles. The van der Waals surface area contributed by atoms with E-state index in [1.807, 2.05) is 24.3 Å². The van der Waals surface area contributed by atoms with Gasteiger partial charge in [0.15, 0.2) is 0 Å². The number of nitrogens with zero attached hydrogens (tertiary/aromatic N) is 1. The molecule has 2 aromatic carbocycles. The summed E-state index contributed by atoms with van der Waals surface area (Å²) in [6.45, 7) is 6.37. The fraction of sp³-hybridized carbons (Fsp3) is 0.250. The van der Waals surface area contributed by atoms with E-state index in [1.54, 1.807) is 12.1 Å². The second-order valence-electron chi connectivity index (χ2n) is 5.89. The van der Waals surface area contributed by atoms with Gasteiger partial charge in [0.2, 0.25) is 5.43 Å². The van der Waals surface area contributed by atoms with Crippen molar-refractivity contribution in [2.75, 3.05) is 13.1 Å². The molecule has 0 aliphatic rings. The SMILES string of the molecule is CCN(CC)Cc1c(O)ccc2c(=O)c(-c3ccc(Br)cc3)coc12. The normalized spacial score (nSPS) is 11.4. The lowest BCUT2D eigenvalue weighted by Gasteiger charge is -2.19. The van der Waals surface area contributed by atoms with Gasteiger partial charge in [0, 0.05) is 11.0 Å². The monoisotopic (exact) mass is 401 g/mol. The molecule has 0 saturated heterocycles. The first kappa shape index (κ1) is 17.7. The average molecular weight is 402 g/mol. The number of benzene rings is 2. The molecule has 0 fully saturated rings. The van der Waals surface area contributed by atoms with E-state index < -0.39 is 0 Å². The molecule has 0 bridgehead atoms. The smallest absolute Gasteiger partial charge is 0.200 e. The van der Waals surface area contributed by atoms with Crippen molar-refractivity contribution in [1.29, 1.82) is 0 Å². The van der Waals surface area contributed by atoms with Crippen LogP contribution in [0.15, 0.2) is 56.3 Å². The highest BCUT2D eigenvalue weighted by molar-refractivity contribution is 9.10. The van der Waals surface area contributed by atoms with Gasteiger partial charge in [-0.2, -0.15) is 0 Å². The van der Waals surface area contributed by atoms with Crippen LogP contribution >= 0.6 is 15.9 Å². The van der Waals surface area contributed by atoms with Gasteiger partial charge in [-0.15, -0.1) is 0 Å². The largest absolute Gasteiger partial charge is 0.507 e. The number of hydrogen-bond acceptors (Lipinski definition) is 4. The van der Waals surface area contributed by atoms with Gasteiger partial charge in [-0.3, -0.25) is 9.69 Å². The minimum absolute atomic E-state index is 0.0932. The molecule has 4 nitrogen and oxygen atoms in total. The minimum Gasteiger partial charge on any atom is -0.507 e. The van der Waals surface area contributed by atoms with Crippen LogP contribution in [0.5, 0.6) is 5.75 Å². The Kier molecular flexibility index (Phi) is 5.25. The van der Waals surface area contributed by atoms with Crippen LogP contribution in [0.4, 0.5) is 0 Å². The van der Waals surface area contributed by atoms with E-state index in [1.165, 1.54) is 6.26 Å². The molecule has 130 valence electrons. The van der Waals surface area contributed by atoms with E-state index in [9.17, 15) is 9.90 Å². The van der Waals surface area contributed by atoms with Crippen molar-refractivity contribution in [1.82, 2.24) is 4.90 Å². The van der Waals surface area contributed by atoms with E-state index in [0.717, 1.165) is 23.1 Å². The molecule has 0 saturated carbocycles. The van der Waals surface area contributed by atoms with E-state index in [2.05, 4.69) is 34.7 Å². The Hall–Kier alpha value is -2.11. The topological polar surface area (TPSA) is 53.7 Å². The van der Waals surface area contributed by atoms with Crippen molar-refractivity contribution < 1.29 is 9.52 Å². The first-order valence-electron chi connectivity index (χ1n) is 8.29. The number of phenolic OH excluding ortho intramolecular Hbond substituents is 1. The third-order valence-corrected chi connectivity index (χ3v) is 4.98. The molecule has 0 atom stereocenters. The van der Waals surface area contributed by atoms with E-state index in [0.29, 0.717) is 28.6 Å². The van der Waals surface area contributed by atoms with Crippen molar-refractivity contribution in [2.24, 2.45) is 0 Å². The van der Waals surface area contributed by atoms with Crippen LogP contribution in [0.2, 0.25) is 0 Å². The highest BCUT2D eigenvalue weighted by Gasteiger charge is 2.16. The summed E-state index contributed by atoms with van der Waals surface area (Å²) in [5, 5.41) is 10.7. The third kappa shape index (κ3) is 3.48. The molecule has 0 amide bonds. The zero-order chi connectivity index (χ0) is 18.0. The molecule has 0 unspecified atom stereocenters. The lowest BCUT2D eigenvalue weighted by Crippen LogP contribution is -2.22. The molecule has 5 heteroatoms. The first-order valence-corrected chi connectivity index (χ1v) is 9.09. The zero-order valence-corrected chi connectivity index (χ0v) is 15.8. The number of phenols is 1. The van der Waals surface area contributed by atoms with Crippen LogP contribution in [-0.4, -0.2) is 23.1 Å². The quantitative estimate of drug-likeness (QED) is 0.668. The van der Waals surface area contributed by atoms with Crippen molar-refractivity contribution in [3.8, 4) is 16.9 Å². The lowest BCUT2D eigenvalue weighted by atomic mass is 10.0. The highest BCUT2D eigenvalue weighted by Crippen LogP contribution is 2.29. The molecular weight excluding hydrogens is 382 g/mol. The van der Waals surface area contributed by atoms with Gasteiger partial charge in [0.1, 0.15) is 17.6 Å². The molecule has 25 heavy (non-hydrogen) atoms. The summed E-state index contributed by atoms with van der Waals surface area (Å²) in [7, 11) is 0. The number of aromatic hydroxyl groups is 1. The van der Waals surface area contributed by atoms with Crippen molar-refractivity contribution in [3.63, 3.8) is 0 Å². The minimum atomic E-state index is -0.0932. The van der Waals surface area contributed by atoms with Gasteiger partial charge in [0.05, 0.1) is 16.5 Å². The summed E-state index contributed by atoms with van der Waals surface area (Å²) in [6.07, 6.45) is 1.49. The molecule has 0 radical (unpaired) electrons. The summed E-state index contributed by atoms with van der Waals surface area (Å²) in [5.74, 6) is 0.152. The van der Waals surface area contributed by atoms with Crippen molar-refractivity contribution in [2.45, 2.75) is 20.4 Å². The molecular formula is C20H20BrNO3. The fourth-order valence-corrected chi connectivity index (χ4v) is 3.16. The zero-order valence-electron chi connectivity index (χ0n) is 14.3. The van der Waals surface area contributed by atoms with Gasteiger partial charge >= 0.3 is 0 Å². The van der Waals surface area contributed by atoms with Gasteiger partial charge in [-0.1, -0.05) is 41.9 Å². The van der Waals surface area contributed by atoms with Crippen LogP contribution in [0.25, 0.3) is 22.1 Å². The maximum atomic E-state index is 12.9. The Morgan fingerprint density at radius 1 is 1.08 bits per heavy atom. The van der Waals surface area contributed by atoms with E-state index >= 15 is 0 Å². The van der Waals surface area contributed by atoms with Gasteiger partial charge in [-0.25, -0.2) is 0 Å². The summed E-state index contributed by atoms with van der Waals surface area (Å²) < 4.78 is 6.76. The van der Waals surface area contributed by atoms with Gasteiger partial charge in [-0.05, 0) is 42.9 Å². The van der Waals surface area contributed by atoms with Crippen LogP contribution in [0.3, 0.4) is 0 Å². The number of fused-ring (bicyclic) bond motifs is 1. The van der Waals surface area contributed by atoms with E-state index in [4.69, 9.17) is 4.42 Å². The molecule has 1 heterocycles. The molecule has 1 N–H and O–H groups in total. The second kappa shape index (κ2) is 7.42. The molecule has 0 spiro atoms. The molecule has 1 aromatic heterocycles. The maximum Gasteiger partial charge on any atom is 0.200 e. The molecule has 0 aliphatic heterocycles. The second-order valence-corrected chi connectivity index (χ2v) is 6.80. The predicted octanol–water partition coefficient (Wildman–Crippen LogP) is 4.77. The summed E-state index contributed by atoms with van der Waals surface area (Å²) in [6, 6.07) is 10.7. The standard InChI is InChI=1S/C20H20BrNO3/c1-3-22(4-2)11-16-18(23)10-9-15-19(24)17(12-25-20(15)16)13-5-7-14(21)8-6-13/h5-10,12,23H,3-4,11H2,1-2H3. The third-order valence-electron chi connectivity index (χ3n) is 4.45. The van der Waals surface area contributed by atoms with Crippen molar-refractivity contribution in [3.05, 3.63) is 62.9 Å².